The van der Waals surface area contributed by atoms with E-state index in [1.807, 2.05) is 0 Å². The molecule has 3 nitrogen and oxygen atoms in total. The van der Waals surface area contributed by atoms with Crippen molar-refractivity contribution in [3.63, 3.8) is 0 Å². The minimum Gasteiger partial charge on any atom is -0.352 e. The van der Waals surface area contributed by atoms with Gasteiger partial charge in [0.2, 0.25) is 5.91 Å². The summed E-state index contributed by atoms with van der Waals surface area (Å²) in [6, 6.07) is 0.966. The van der Waals surface area contributed by atoms with Crippen LogP contribution in [0.4, 0.5) is 0 Å². The molecule has 116 valence electrons. The molecule has 2 N–H and O–H groups in total. The highest BCUT2D eigenvalue weighted by atomic mass is 16.1. The van der Waals surface area contributed by atoms with Gasteiger partial charge in [-0.1, -0.05) is 26.2 Å². The molecular weight excluding hydrogens is 248 g/mol. The van der Waals surface area contributed by atoms with E-state index in [1.54, 1.807) is 0 Å². The second-order valence-electron chi connectivity index (χ2n) is 6.95. The van der Waals surface area contributed by atoms with Gasteiger partial charge in [-0.05, 0) is 51.4 Å². The molecule has 1 amide bonds. The lowest BCUT2D eigenvalue weighted by Crippen LogP contribution is -2.50. The first-order valence-electron chi connectivity index (χ1n) is 8.72. The van der Waals surface area contributed by atoms with Crippen LogP contribution in [0.5, 0.6) is 0 Å². The minimum absolute atomic E-state index is 0.284. The van der Waals surface area contributed by atoms with Crippen molar-refractivity contribution in [3.8, 4) is 0 Å². The lowest BCUT2D eigenvalue weighted by molar-refractivity contribution is -0.127. The van der Waals surface area contributed by atoms with Crippen LogP contribution in [-0.2, 0) is 4.79 Å². The van der Waals surface area contributed by atoms with Crippen LogP contribution in [0.25, 0.3) is 0 Å². The largest absolute Gasteiger partial charge is 0.352 e. The second kappa shape index (κ2) is 8.02. The van der Waals surface area contributed by atoms with Gasteiger partial charge in [0.15, 0.2) is 0 Å². The maximum atomic E-state index is 12.3. The van der Waals surface area contributed by atoms with Crippen molar-refractivity contribution in [3.05, 3.63) is 0 Å². The summed E-state index contributed by atoms with van der Waals surface area (Å²) in [6.07, 6.45) is 11.1. The van der Waals surface area contributed by atoms with Crippen molar-refractivity contribution in [2.24, 2.45) is 11.8 Å². The zero-order valence-electron chi connectivity index (χ0n) is 13.3. The van der Waals surface area contributed by atoms with Crippen molar-refractivity contribution in [1.82, 2.24) is 10.6 Å². The number of piperidine rings is 1. The number of rotatable bonds is 5. The molecule has 1 saturated carbocycles. The Bertz CT molecular complexity index is 289. The van der Waals surface area contributed by atoms with E-state index in [0.29, 0.717) is 18.0 Å². The van der Waals surface area contributed by atoms with Gasteiger partial charge in [-0.3, -0.25) is 4.79 Å². The highest BCUT2D eigenvalue weighted by Gasteiger charge is 2.28. The minimum atomic E-state index is 0.284. The van der Waals surface area contributed by atoms with E-state index < -0.39 is 0 Å². The number of amides is 1. The van der Waals surface area contributed by atoms with Gasteiger partial charge in [-0.25, -0.2) is 0 Å². The molecule has 0 aromatic heterocycles. The molecule has 0 spiro atoms. The van der Waals surface area contributed by atoms with Crippen LogP contribution < -0.4 is 10.6 Å². The van der Waals surface area contributed by atoms with Crippen molar-refractivity contribution < 1.29 is 4.79 Å². The molecule has 2 fully saturated rings. The molecule has 1 saturated heterocycles. The van der Waals surface area contributed by atoms with E-state index >= 15 is 0 Å². The smallest absolute Gasteiger partial charge is 0.223 e. The second-order valence-corrected chi connectivity index (χ2v) is 6.95. The molecule has 2 atom stereocenters. The first kappa shape index (κ1) is 15.8. The maximum Gasteiger partial charge on any atom is 0.223 e. The van der Waals surface area contributed by atoms with E-state index in [-0.39, 0.29) is 5.92 Å². The average Bonchev–Trinajstić information content (AvgIpc) is 2.48. The Hall–Kier alpha value is -0.570. The standard InChI is InChI=1S/C17H32N2O/c1-3-4-5-14-7-9-15(10-8-14)17(20)19-16-11-6-13(2)18-12-16/h13-16,18H,3-12H2,1-2H3,(H,19,20). The Morgan fingerprint density at radius 3 is 2.50 bits per heavy atom. The molecule has 0 aromatic carbocycles. The first-order chi connectivity index (χ1) is 9.69. The van der Waals surface area contributed by atoms with E-state index in [4.69, 9.17) is 0 Å². The fourth-order valence-corrected chi connectivity index (χ4v) is 3.65. The third-order valence-electron chi connectivity index (χ3n) is 5.19. The normalized spacial score (nSPS) is 34.7. The number of unbranched alkanes of at least 4 members (excludes halogenated alkanes) is 1. The van der Waals surface area contributed by atoms with Crippen molar-refractivity contribution in [1.29, 1.82) is 0 Å². The molecule has 1 heterocycles. The number of nitrogens with one attached hydrogen (secondary N) is 2. The van der Waals surface area contributed by atoms with Crippen LogP contribution in [0.3, 0.4) is 0 Å². The van der Waals surface area contributed by atoms with Crippen LogP contribution >= 0.6 is 0 Å². The maximum absolute atomic E-state index is 12.3. The van der Waals surface area contributed by atoms with Crippen LogP contribution in [0, 0.1) is 11.8 Å². The van der Waals surface area contributed by atoms with Crippen molar-refractivity contribution >= 4 is 5.91 Å². The van der Waals surface area contributed by atoms with E-state index in [2.05, 4.69) is 24.5 Å². The van der Waals surface area contributed by atoms with Gasteiger partial charge in [0.05, 0.1) is 0 Å². The van der Waals surface area contributed by atoms with Gasteiger partial charge in [0.25, 0.3) is 0 Å². The SMILES string of the molecule is CCCCC1CCC(C(=O)NC2CCC(C)NC2)CC1. The Morgan fingerprint density at radius 1 is 1.15 bits per heavy atom. The summed E-state index contributed by atoms with van der Waals surface area (Å²) in [7, 11) is 0. The van der Waals surface area contributed by atoms with Gasteiger partial charge in [0, 0.05) is 24.5 Å². The zero-order chi connectivity index (χ0) is 14.4. The molecule has 2 rings (SSSR count). The topological polar surface area (TPSA) is 41.1 Å². The molecule has 3 heteroatoms. The van der Waals surface area contributed by atoms with Crippen molar-refractivity contribution in [2.45, 2.75) is 83.7 Å². The van der Waals surface area contributed by atoms with Gasteiger partial charge in [-0.15, -0.1) is 0 Å². The lowest BCUT2D eigenvalue weighted by Gasteiger charge is -2.32. The van der Waals surface area contributed by atoms with Crippen LogP contribution in [0.1, 0.15) is 71.6 Å². The zero-order valence-corrected chi connectivity index (χ0v) is 13.3. The van der Waals surface area contributed by atoms with E-state index in [1.165, 1.54) is 38.5 Å². The molecule has 1 aliphatic carbocycles. The molecule has 2 unspecified atom stereocenters. The third kappa shape index (κ3) is 4.76. The first-order valence-corrected chi connectivity index (χ1v) is 8.72. The summed E-state index contributed by atoms with van der Waals surface area (Å²) in [4.78, 5) is 12.3. The summed E-state index contributed by atoms with van der Waals surface area (Å²) in [5, 5.41) is 6.72. The summed E-state index contributed by atoms with van der Waals surface area (Å²) >= 11 is 0. The fourth-order valence-electron chi connectivity index (χ4n) is 3.65. The highest BCUT2D eigenvalue weighted by molar-refractivity contribution is 5.79. The Kier molecular flexibility index (Phi) is 6.34. The Labute approximate surface area is 124 Å². The van der Waals surface area contributed by atoms with Crippen LogP contribution in [-0.4, -0.2) is 24.5 Å². The van der Waals surface area contributed by atoms with Crippen molar-refractivity contribution in [2.75, 3.05) is 6.54 Å². The number of carbonyl (C=O) groups is 1. The van der Waals surface area contributed by atoms with Gasteiger partial charge in [0.1, 0.15) is 0 Å². The average molecular weight is 280 g/mol. The summed E-state index contributed by atoms with van der Waals surface area (Å²) < 4.78 is 0. The fraction of sp³-hybridized carbons (Fsp3) is 0.941. The molecule has 2 aliphatic rings. The third-order valence-corrected chi connectivity index (χ3v) is 5.19. The van der Waals surface area contributed by atoms with E-state index in [9.17, 15) is 4.79 Å². The van der Waals surface area contributed by atoms with Gasteiger partial charge in [-0.2, -0.15) is 0 Å². The molecular formula is C17H32N2O. The number of carbonyl (C=O) groups excluding carboxylic acids is 1. The summed E-state index contributed by atoms with van der Waals surface area (Å²) in [5.41, 5.74) is 0. The van der Waals surface area contributed by atoms with Crippen LogP contribution in [0.15, 0.2) is 0 Å². The molecule has 1 aliphatic heterocycles. The molecule has 20 heavy (non-hydrogen) atoms. The number of hydrogen-bond donors (Lipinski definition) is 2. The van der Waals surface area contributed by atoms with E-state index in [0.717, 1.165) is 31.7 Å². The molecule has 0 bridgehead atoms. The summed E-state index contributed by atoms with van der Waals surface area (Å²) in [6.45, 7) is 5.42. The van der Waals surface area contributed by atoms with Crippen LogP contribution in [0.2, 0.25) is 0 Å². The van der Waals surface area contributed by atoms with Gasteiger partial charge < -0.3 is 10.6 Å². The Morgan fingerprint density at radius 2 is 1.90 bits per heavy atom. The predicted molar refractivity (Wildman–Crippen MR) is 83.6 cm³/mol. The monoisotopic (exact) mass is 280 g/mol. The molecule has 0 aromatic rings. The van der Waals surface area contributed by atoms with Gasteiger partial charge >= 0.3 is 0 Å². The highest BCUT2D eigenvalue weighted by Crippen LogP contribution is 2.32. The predicted octanol–water partition coefficient (Wildman–Crippen LogP) is 3.24. The quantitative estimate of drug-likeness (QED) is 0.811. The molecule has 0 radical (unpaired) electrons. The number of hydrogen-bond acceptors (Lipinski definition) is 2. The summed E-state index contributed by atoms with van der Waals surface area (Å²) in [5.74, 6) is 1.49. The lowest BCUT2D eigenvalue weighted by atomic mass is 9.79. The Balaban J connectivity index is 1.66.